The third-order valence-electron chi connectivity index (χ3n) is 4.09. The largest absolute Gasteiger partial charge is 0.477 e. The Bertz CT molecular complexity index is 904. The van der Waals surface area contributed by atoms with Crippen LogP contribution in [0, 0.1) is 0 Å². The molecule has 1 fully saturated rings. The van der Waals surface area contributed by atoms with Gasteiger partial charge in [-0.2, -0.15) is 0 Å². The van der Waals surface area contributed by atoms with Gasteiger partial charge in [0.2, 0.25) is 0 Å². The van der Waals surface area contributed by atoms with Gasteiger partial charge in [-0.3, -0.25) is 14.5 Å². The smallest absolute Gasteiger partial charge is 0.352 e. The number of nitrogen functional groups attached to an aromatic ring is 1. The van der Waals surface area contributed by atoms with Crippen LogP contribution in [0.25, 0.3) is 0 Å². The molecule has 0 saturated carbocycles. The van der Waals surface area contributed by atoms with Gasteiger partial charge >= 0.3 is 5.97 Å². The highest BCUT2D eigenvalue weighted by molar-refractivity contribution is 8.00. The van der Waals surface area contributed by atoms with E-state index in [-0.39, 0.29) is 41.3 Å². The molecule has 0 spiro atoms. The molecule has 14 heteroatoms. The molecule has 1 unspecified atom stereocenters. The number of carboxylic acids is 1. The second kappa shape index (κ2) is 8.98. The van der Waals surface area contributed by atoms with Gasteiger partial charge in [0.15, 0.2) is 10.8 Å². The summed E-state index contributed by atoms with van der Waals surface area (Å²) in [5, 5.41) is 17.0. The van der Waals surface area contributed by atoms with Crippen molar-refractivity contribution in [1.82, 2.24) is 15.2 Å². The second-order valence-corrected chi connectivity index (χ2v) is 8.23. The first kappa shape index (κ1) is 21.4. The number of hydrogen-bond donors (Lipinski definition) is 4. The van der Waals surface area contributed by atoms with E-state index in [0.717, 1.165) is 16.2 Å². The zero-order chi connectivity index (χ0) is 21.1. The van der Waals surface area contributed by atoms with E-state index in [9.17, 15) is 19.5 Å². The molecule has 2 atom stereocenters. The van der Waals surface area contributed by atoms with Crippen LogP contribution >= 0.6 is 34.7 Å². The van der Waals surface area contributed by atoms with Gasteiger partial charge < -0.3 is 26.7 Å². The maximum atomic E-state index is 12.7. The minimum Gasteiger partial charge on any atom is -0.477 e. The van der Waals surface area contributed by atoms with Crippen molar-refractivity contribution in [2.24, 2.45) is 10.9 Å². The van der Waals surface area contributed by atoms with Crippen LogP contribution in [0.1, 0.15) is 5.69 Å². The van der Waals surface area contributed by atoms with Crippen molar-refractivity contribution in [3.05, 3.63) is 22.3 Å². The van der Waals surface area contributed by atoms with Crippen LogP contribution in [-0.2, 0) is 19.2 Å². The number of carbonyl (C=O) groups is 3. The number of nitrogens with zero attached hydrogens (tertiary/aromatic N) is 3. The van der Waals surface area contributed by atoms with Gasteiger partial charge in [-0.25, -0.2) is 9.78 Å². The number of carboxylic acid groups (broad SMARTS) is 1. The minimum absolute atomic E-state index is 0.0299. The Labute approximate surface area is 178 Å². The number of oxime groups is 1. The lowest BCUT2D eigenvalue weighted by atomic mass is 10.0. The number of carbonyl (C=O) groups excluding carboxylic acids is 2. The zero-order valence-electron chi connectivity index (χ0n) is 14.8. The Balaban J connectivity index is 1.78. The lowest BCUT2D eigenvalue weighted by Crippen LogP contribution is -2.71. The molecular weight excluding hydrogens is 444 g/mol. The summed E-state index contributed by atoms with van der Waals surface area (Å²) in [5.41, 5.74) is 11.6. The summed E-state index contributed by atoms with van der Waals surface area (Å²) in [5.74, 6) is -1.96. The summed E-state index contributed by atoms with van der Waals surface area (Å²) in [7, 11) is 0. The molecule has 0 radical (unpaired) electrons. The van der Waals surface area contributed by atoms with Gasteiger partial charge in [-0.05, 0) is 5.57 Å². The van der Waals surface area contributed by atoms with E-state index in [2.05, 4.69) is 15.5 Å². The van der Waals surface area contributed by atoms with Crippen molar-refractivity contribution in [3.63, 3.8) is 0 Å². The summed E-state index contributed by atoms with van der Waals surface area (Å²) in [4.78, 5) is 47.0. The molecule has 3 heterocycles. The molecule has 1 aromatic heterocycles. The lowest BCUT2D eigenvalue weighted by Gasteiger charge is -2.49. The number of halogens is 1. The fourth-order valence-electron chi connectivity index (χ4n) is 2.80. The first-order valence-corrected chi connectivity index (χ1v) is 10.7. The molecule has 2 aliphatic rings. The van der Waals surface area contributed by atoms with E-state index in [1.807, 2.05) is 0 Å². The fourth-order valence-corrected chi connectivity index (χ4v) is 4.77. The average Bonchev–Trinajstić information content (AvgIpc) is 3.13. The normalized spacial score (nSPS) is 21.5. The number of nitrogens with two attached hydrogens (primary N) is 2. The molecule has 3 rings (SSSR count). The topological polar surface area (TPSA) is 173 Å². The number of rotatable bonds is 8. The van der Waals surface area contributed by atoms with Crippen LogP contribution in [0.5, 0.6) is 0 Å². The molecule has 6 N–H and O–H groups in total. The number of hydrogen-bond acceptors (Lipinski definition) is 10. The lowest BCUT2D eigenvalue weighted by molar-refractivity contribution is -0.150. The SMILES string of the molecule is NCC1=C(C(=O)O)N2C(=O)C(NC(=O)/C(=N\OCCCl)c3csc(N)n3)[C@@H]2SC1. The van der Waals surface area contributed by atoms with E-state index < -0.39 is 29.2 Å². The van der Waals surface area contributed by atoms with E-state index in [1.54, 1.807) is 0 Å². The standard InChI is InChI=1S/C15H17ClN6O5S2/c16-1-2-27-21-8(7-5-29-15(18)19-7)11(23)20-9-12(24)22-10(14(25)26)6(3-17)4-28-13(9)22/h5,9,13H,1-4,17H2,(H2,18,19)(H,20,23)(H,25,26)/b21-8-/t9?,13-/m0/s1. The highest BCUT2D eigenvalue weighted by Gasteiger charge is 2.54. The summed E-state index contributed by atoms with van der Waals surface area (Å²) in [6.07, 6.45) is 0. The summed E-state index contributed by atoms with van der Waals surface area (Å²) in [6.45, 7) is 0.101. The highest BCUT2D eigenvalue weighted by Crippen LogP contribution is 2.40. The van der Waals surface area contributed by atoms with Crippen molar-refractivity contribution in [2.75, 3.05) is 30.5 Å². The van der Waals surface area contributed by atoms with Crippen LogP contribution in [-0.4, -0.2) is 74.7 Å². The number of aromatic nitrogens is 1. The molecule has 2 aliphatic heterocycles. The first-order chi connectivity index (χ1) is 13.9. The Hall–Kier alpha value is -2.35. The van der Waals surface area contributed by atoms with Gasteiger partial charge in [0.05, 0.1) is 5.88 Å². The molecule has 29 heavy (non-hydrogen) atoms. The third-order valence-corrected chi connectivity index (χ3v) is 6.25. The first-order valence-electron chi connectivity index (χ1n) is 8.27. The van der Waals surface area contributed by atoms with Gasteiger partial charge in [-0.1, -0.05) is 5.16 Å². The number of thioether (sulfide) groups is 1. The molecule has 156 valence electrons. The number of nitrogens with one attached hydrogen (secondary N) is 1. The molecule has 0 aliphatic carbocycles. The summed E-state index contributed by atoms with van der Waals surface area (Å²) >= 11 is 7.98. The predicted octanol–water partition coefficient (Wildman–Crippen LogP) is -0.618. The van der Waals surface area contributed by atoms with Crippen molar-refractivity contribution in [3.8, 4) is 0 Å². The Morgan fingerprint density at radius 1 is 1.52 bits per heavy atom. The number of alkyl halides is 1. The van der Waals surface area contributed by atoms with Crippen LogP contribution in [0.4, 0.5) is 5.13 Å². The van der Waals surface area contributed by atoms with Crippen molar-refractivity contribution in [2.45, 2.75) is 11.4 Å². The summed E-state index contributed by atoms with van der Waals surface area (Å²) in [6, 6.07) is -0.921. The van der Waals surface area contributed by atoms with Crippen molar-refractivity contribution in [1.29, 1.82) is 0 Å². The van der Waals surface area contributed by atoms with E-state index in [4.69, 9.17) is 27.9 Å². The Kier molecular flexibility index (Phi) is 6.62. The van der Waals surface area contributed by atoms with Crippen molar-refractivity contribution >= 4 is 63.3 Å². The maximum Gasteiger partial charge on any atom is 0.352 e. The summed E-state index contributed by atoms with van der Waals surface area (Å²) < 4.78 is 0. The van der Waals surface area contributed by atoms with Crippen LogP contribution < -0.4 is 16.8 Å². The van der Waals surface area contributed by atoms with E-state index in [0.29, 0.717) is 11.3 Å². The minimum atomic E-state index is -1.23. The van der Waals surface area contributed by atoms with Crippen molar-refractivity contribution < 1.29 is 24.3 Å². The number of aliphatic carboxylic acids is 1. The molecule has 2 amide bonds. The molecule has 0 aromatic carbocycles. The van der Waals surface area contributed by atoms with Crippen LogP contribution in [0.15, 0.2) is 21.8 Å². The Morgan fingerprint density at radius 3 is 2.86 bits per heavy atom. The third kappa shape index (κ3) is 4.17. The average molecular weight is 461 g/mol. The molecule has 11 nitrogen and oxygen atoms in total. The molecule has 1 aromatic rings. The number of anilines is 1. The maximum absolute atomic E-state index is 12.7. The highest BCUT2D eigenvalue weighted by atomic mass is 35.5. The van der Waals surface area contributed by atoms with Gasteiger partial charge in [0, 0.05) is 17.7 Å². The number of amides is 2. The van der Waals surface area contributed by atoms with E-state index in [1.165, 1.54) is 17.1 Å². The molecule has 0 bridgehead atoms. The fraction of sp³-hybridized carbons (Fsp3) is 0.400. The van der Waals surface area contributed by atoms with Gasteiger partial charge in [-0.15, -0.1) is 34.7 Å². The molecular formula is C15H17ClN6O5S2. The van der Waals surface area contributed by atoms with Crippen LogP contribution in [0.3, 0.4) is 0 Å². The monoisotopic (exact) mass is 460 g/mol. The van der Waals surface area contributed by atoms with Crippen LogP contribution in [0.2, 0.25) is 0 Å². The van der Waals surface area contributed by atoms with Gasteiger partial charge in [0.25, 0.3) is 11.8 Å². The van der Waals surface area contributed by atoms with Gasteiger partial charge in [0.1, 0.15) is 29.4 Å². The number of β-lactam (4-membered cyclic amide) rings is 1. The quantitative estimate of drug-likeness (QED) is 0.129. The Morgan fingerprint density at radius 2 is 2.28 bits per heavy atom. The van der Waals surface area contributed by atoms with E-state index >= 15 is 0 Å². The number of fused-ring (bicyclic) bond motifs is 1. The zero-order valence-corrected chi connectivity index (χ0v) is 17.2. The second-order valence-electron chi connectivity index (χ2n) is 5.86. The number of thiazole rings is 1. The molecule has 1 saturated heterocycles. The predicted molar refractivity (Wildman–Crippen MR) is 108 cm³/mol.